The molecule has 174 valence electrons. The molecule has 8 N–H and O–H groups in total. The van der Waals surface area contributed by atoms with Crippen LogP contribution in [0.4, 0.5) is 5.82 Å². The summed E-state index contributed by atoms with van der Waals surface area (Å²) < 4.78 is 49.0. The van der Waals surface area contributed by atoms with Crippen molar-refractivity contribution in [2.75, 3.05) is 12.3 Å². The topological polar surface area (TPSA) is 270 Å². The molecule has 2 unspecified atom stereocenters. The van der Waals surface area contributed by atoms with Gasteiger partial charge in [0.2, 0.25) is 0 Å². The van der Waals surface area contributed by atoms with Crippen LogP contribution in [0.1, 0.15) is 6.23 Å². The molecule has 3 heterocycles. The van der Waals surface area contributed by atoms with E-state index in [0.717, 1.165) is 6.33 Å². The van der Waals surface area contributed by atoms with Gasteiger partial charge in [0.25, 0.3) is 0 Å². The van der Waals surface area contributed by atoms with Gasteiger partial charge in [-0.2, -0.15) is 4.31 Å². The first-order chi connectivity index (χ1) is 14.2. The number of aliphatic hydroxyl groups excluding tert-OH is 2. The molecule has 1 aliphatic rings. The number of hydrogen-bond donors (Lipinski definition) is 7. The molecule has 31 heavy (non-hydrogen) atoms. The highest BCUT2D eigenvalue weighted by atomic mass is 33.1. The minimum absolute atomic E-state index is 0.0564. The predicted octanol–water partition coefficient (Wildman–Crippen LogP) is -0.912. The number of aromatic nitrogens is 4. The molecule has 6 atom stereocenters. The summed E-state index contributed by atoms with van der Waals surface area (Å²) in [7, 11) is -5.44. The van der Waals surface area contributed by atoms with Crippen LogP contribution in [0.25, 0.3) is 11.2 Å². The summed E-state index contributed by atoms with van der Waals surface area (Å²) in [5.74, 6) is 0.0564. The molecule has 2 aromatic heterocycles. The van der Waals surface area contributed by atoms with Crippen molar-refractivity contribution in [3.63, 3.8) is 0 Å². The Morgan fingerprint density at radius 1 is 1.10 bits per heavy atom. The summed E-state index contributed by atoms with van der Waals surface area (Å²) in [6.07, 6.45) is -3.48. The number of nitrogen functional groups attached to an aromatic ring is 1. The van der Waals surface area contributed by atoms with E-state index in [4.69, 9.17) is 20.3 Å². The van der Waals surface area contributed by atoms with Crippen molar-refractivity contribution in [2.45, 2.75) is 24.5 Å². The largest absolute Gasteiger partial charge is 0.477 e. The van der Waals surface area contributed by atoms with Crippen molar-refractivity contribution in [1.82, 2.24) is 19.5 Å². The van der Waals surface area contributed by atoms with E-state index in [1.165, 1.54) is 10.9 Å². The number of hydrogen-bond acceptors (Lipinski definition) is 13. The summed E-state index contributed by atoms with van der Waals surface area (Å²) >= 11 is -0.742. The predicted molar refractivity (Wildman–Crippen MR) is 102 cm³/mol. The lowest BCUT2D eigenvalue weighted by Gasteiger charge is -2.18. The first-order valence-corrected chi connectivity index (χ1v) is 14.6. The Hall–Kier alpha value is -0.970. The average molecular weight is 523 g/mol. The number of nitrogens with two attached hydrogens (primary N) is 1. The smallest absolute Gasteiger partial charge is 0.387 e. The number of fused-ring (bicyclic) bond motifs is 1. The van der Waals surface area contributed by atoms with E-state index in [1.54, 1.807) is 0 Å². The second kappa shape index (κ2) is 8.76. The highest BCUT2D eigenvalue weighted by Gasteiger charge is 2.46. The van der Waals surface area contributed by atoms with E-state index in [9.17, 15) is 33.7 Å². The maximum atomic E-state index is 12.0. The molecule has 3 rings (SSSR count). The van der Waals surface area contributed by atoms with E-state index in [2.05, 4.69) is 23.8 Å². The van der Waals surface area contributed by atoms with Crippen LogP contribution in [0.2, 0.25) is 0 Å². The molecule has 0 bridgehead atoms. The molecule has 1 aliphatic heterocycles. The third-order valence-electron chi connectivity index (χ3n) is 3.82. The third kappa shape index (κ3) is 5.89. The zero-order valence-corrected chi connectivity index (χ0v) is 18.4. The highest BCUT2D eigenvalue weighted by Crippen LogP contribution is 2.78. The third-order valence-corrected chi connectivity index (χ3v) is 12.2. The van der Waals surface area contributed by atoms with Crippen molar-refractivity contribution in [3.8, 4) is 0 Å². The maximum absolute atomic E-state index is 12.0. The number of phosphoric acid groups is 1. The van der Waals surface area contributed by atoms with Gasteiger partial charge in [-0.3, -0.25) is 9.09 Å². The Balaban J connectivity index is 1.69. The number of rotatable bonds is 8. The molecule has 2 aromatic rings. The van der Waals surface area contributed by atoms with Gasteiger partial charge in [0.05, 0.1) is 23.9 Å². The normalized spacial score (nSPS) is 28.5. The van der Waals surface area contributed by atoms with Crippen molar-refractivity contribution < 1.29 is 57.1 Å². The Labute approximate surface area is 176 Å². The first-order valence-electron chi connectivity index (χ1n) is 7.92. The van der Waals surface area contributed by atoms with Crippen LogP contribution in [0.5, 0.6) is 0 Å². The molecular formula is C10H16N5O12P3S. The summed E-state index contributed by atoms with van der Waals surface area (Å²) in [4.78, 5) is 47.8. The summed E-state index contributed by atoms with van der Waals surface area (Å²) in [6, 6.07) is 0. The first kappa shape index (κ1) is 24.7. The molecule has 0 spiro atoms. The van der Waals surface area contributed by atoms with E-state index in [1.807, 2.05) is 0 Å². The fraction of sp³-hybridized carbons (Fsp3) is 0.500. The monoisotopic (exact) mass is 523 g/mol. The van der Waals surface area contributed by atoms with E-state index in [0.29, 0.717) is 0 Å². The molecule has 0 amide bonds. The Bertz CT molecular complexity index is 1110. The molecule has 0 saturated carbocycles. The SMILES string of the molecule is Nc1ncnc2c1ncn2[C@@H]1O[C@H](COP(=O)(O)SP(=O)(O)OP(=O)(O)O)[C@@H](O)[C@H]1O. The number of anilines is 1. The average Bonchev–Trinajstić information content (AvgIpc) is 3.13. The van der Waals surface area contributed by atoms with Gasteiger partial charge in [-0.1, -0.05) is 0 Å². The molecule has 17 nitrogen and oxygen atoms in total. The molecule has 1 fully saturated rings. The van der Waals surface area contributed by atoms with Crippen LogP contribution in [-0.4, -0.2) is 74.2 Å². The quantitative estimate of drug-likeness (QED) is 0.206. The lowest BCUT2D eigenvalue weighted by molar-refractivity contribution is -0.0478. The van der Waals surface area contributed by atoms with E-state index in [-0.39, 0.29) is 17.0 Å². The molecular weight excluding hydrogens is 507 g/mol. The van der Waals surface area contributed by atoms with Crippen LogP contribution >= 0.6 is 32.4 Å². The second-order valence-electron chi connectivity index (χ2n) is 6.02. The number of ether oxygens (including phenoxy) is 1. The maximum Gasteiger partial charge on any atom is 0.477 e. The lowest BCUT2D eigenvalue weighted by atomic mass is 10.1. The van der Waals surface area contributed by atoms with Crippen LogP contribution in [0.15, 0.2) is 12.7 Å². The minimum Gasteiger partial charge on any atom is -0.387 e. The fourth-order valence-electron chi connectivity index (χ4n) is 2.62. The van der Waals surface area contributed by atoms with Crippen molar-refractivity contribution in [1.29, 1.82) is 0 Å². The van der Waals surface area contributed by atoms with E-state index < -0.39 is 63.6 Å². The van der Waals surface area contributed by atoms with E-state index >= 15 is 0 Å². The van der Waals surface area contributed by atoms with Crippen LogP contribution in [0.3, 0.4) is 0 Å². The summed E-state index contributed by atoms with van der Waals surface area (Å²) in [6.45, 7) is -11.2. The zero-order chi connectivity index (χ0) is 23.2. The van der Waals surface area contributed by atoms with Crippen molar-refractivity contribution in [2.24, 2.45) is 0 Å². The van der Waals surface area contributed by atoms with Gasteiger partial charge in [-0.05, 0) is 0 Å². The highest BCUT2D eigenvalue weighted by molar-refractivity contribution is 8.84. The second-order valence-corrected chi connectivity index (χ2v) is 14.7. The van der Waals surface area contributed by atoms with Gasteiger partial charge < -0.3 is 40.3 Å². The molecule has 0 radical (unpaired) electrons. The Morgan fingerprint density at radius 3 is 2.42 bits per heavy atom. The van der Waals surface area contributed by atoms with Gasteiger partial charge in [-0.15, -0.1) is 0 Å². The number of nitrogens with zero attached hydrogens (tertiary/aromatic N) is 4. The van der Waals surface area contributed by atoms with Crippen LogP contribution in [-0.2, 0) is 27.3 Å². The van der Waals surface area contributed by atoms with Crippen LogP contribution < -0.4 is 5.73 Å². The van der Waals surface area contributed by atoms with Gasteiger partial charge in [0.15, 0.2) is 17.7 Å². The van der Waals surface area contributed by atoms with Crippen LogP contribution in [0, 0.1) is 0 Å². The van der Waals surface area contributed by atoms with Gasteiger partial charge >= 0.3 is 21.4 Å². The van der Waals surface area contributed by atoms with Crippen molar-refractivity contribution in [3.05, 3.63) is 12.7 Å². The molecule has 1 saturated heterocycles. The molecule has 0 aliphatic carbocycles. The van der Waals surface area contributed by atoms with Gasteiger partial charge in [0, 0.05) is 0 Å². The number of imidazole rings is 1. The Kier molecular flexibility index (Phi) is 6.97. The summed E-state index contributed by atoms with van der Waals surface area (Å²) in [5.41, 5.74) is 6.05. The summed E-state index contributed by atoms with van der Waals surface area (Å²) in [5, 5.41) is 20.5. The zero-order valence-electron chi connectivity index (χ0n) is 14.9. The molecule has 0 aromatic carbocycles. The van der Waals surface area contributed by atoms with Gasteiger partial charge in [-0.25, -0.2) is 28.6 Å². The number of aliphatic hydroxyl groups is 2. The van der Waals surface area contributed by atoms with Crippen molar-refractivity contribution >= 4 is 49.4 Å². The molecule has 21 heteroatoms. The Morgan fingerprint density at radius 2 is 1.77 bits per heavy atom. The van der Waals surface area contributed by atoms with Gasteiger partial charge in [0.1, 0.15) is 30.2 Å². The standard InChI is InChI=1S/C10H16N5O12P3S/c11-8-5-9(13-2-12-8)15(3-14-5)10-7(17)6(16)4(26-10)1-25-29(21,22)31-30(23,24)27-28(18,19)20/h2-4,6-7,10,16-17H,1H2,(H,21,22)(H,23,24)(H2,11,12,13)(H2,18,19,20)/t4-,6-,7-,10-/m1/s1. The minimum atomic E-state index is -5.44. The lowest BCUT2D eigenvalue weighted by Crippen LogP contribution is -2.33. The fourth-order valence-corrected chi connectivity index (χ4v) is 10.2.